The maximum absolute atomic E-state index is 13.1. The van der Waals surface area contributed by atoms with Crippen molar-refractivity contribution < 1.29 is 4.39 Å². The van der Waals surface area contributed by atoms with Crippen molar-refractivity contribution in [2.75, 3.05) is 43.9 Å². The predicted molar refractivity (Wildman–Crippen MR) is 92.4 cm³/mol. The monoisotopic (exact) mass is 340 g/mol. The highest BCUT2D eigenvalue weighted by atomic mass is 19.1. The van der Waals surface area contributed by atoms with Gasteiger partial charge in [0.2, 0.25) is 11.6 Å². The van der Waals surface area contributed by atoms with Crippen LogP contribution in [0.2, 0.25) is 0 Å². The van der Waals surface area contributed by atoms with E-state index in [2.05, 4.69) is 42.0 Å². The zero-order chi connectivity index (χ0) is 17.4. The van der Waals surface area contributed by atoms with Gasteiger partial charge in [0, 0.05) is 31.7 Å². The van der Waals surface area contributed by atoms with E-state index in [1.807, 2.05) is 0 Å². The molecule has 0 radical (unpaired) electrons. The third-order valence-corrected chi connectivity index (χ3v) is 4.23. The average Bonchev–Trinajstić information content (AvgIpc) is 2.62. The Bertz CT molecular complexity index is 906. The number of anilines is 2. The van der Waals surface area contributed by atoms with E-state index in [1.54, 1.807) is 12.1 Å². The molecule has 8 nitrogen and oxygen atoms in total. The van der Waals surface area contributed by atoms with Crippen LogP contribution in [0.1, 0.15) is 0 Å². The molecule has 0 atom stereocenters. The molecule has 9 heteroatoms. The highest BCUT2D eigenvalue weighted by Gasteiger charge is 2.21. The number of likely N-dealkylation sites (N-methyl/N-ethyl adjacent to an activating group) is 1. The van der Waals surface area contributed by atoms with Crippen LogP contribution >= 0.6 is 0 Å². The number of benzene rings is 1. The summed E-state index contributed by atoms with van der Waals surface area (Å²) in [5.41, 5.74) is 7.41. The zero-order valence-corrected chi connectivity index (χ0v) is 13.7. The summed E-state index contributed by atoms with van der Waals surface area (Å²) in [5, 5.41) is 8.23. The average molecular weight is 340 g/mol. The van der Waals surface area contributed by atoms with Gasteiger partial charge in [-0.3, -0.25) is 0 Å². The molecule has 0 unspecified atom stereocenters. The Kier molecular flexibility index (Phi) is 3.85. The number of piperazine rings is 1. The lowest BCUT2D eigenvalue weighted by Gasteiger charge is -2.33. The SMILES string of the molecule is CN1CCN(c2nc(N)nc3nnc(-c4ccc(F)cc4)nc23)CC1. The molecule has 4 rings (SSSR count). The Labute approximate surface area is 143 Å². The first-order chi connectivity index (χ1) is 12.1. The second-order valence-corrected chi connectivity index (χ2v) is 6.01. The molecular weight excluding hydrogens is 323 g/mol. The molecule has 1 aliphatic heterocycles. The van der Waals surface area contributed by atoms with Gasteiger partial charge in [-0.15, -0.1) is 10.2 Å². The third-order valence-electron chi connectivity index (χ3n) is 4.23. The van der Waals surface area contributed by atoms with Crippen molar-refractivity contribution in [3.8, 4) is 11.4 Å². The van der Waals surface area contributed by atoms with Gasteiger partial charge in [0.05, 0.1) is 0 Å². The van der Waals surface area contributed by atoms with Gasteiger partial charge in [-0.05, 0) is 31.3 Å². The van der Waals surface area contributed by atoms with E-state index >= 15 is 0 Å². The molecule has 0 aliphatic carbocycles. The molecule has 1 saturated heterocycles. The fraction of sp³-hybridized carbons (Fsp3) is 0.312. The summed E-state index contributed by atoms with van der Waals surface area (Å²) >= 11 is 0. The molecule has 25 heavy (non-hydrogen) atoms. The summed E-state index contributed by atoms with van der Waals surface area (Å²) < 4.78 is 13.1. The van der Waals surface area contributed by atoms with Crippen molar-refractivity contribution in [1.29, 1.82) is 0 Å². The Morgan fingerprint density at radius 1 is 0.960 bits per heavy atom. The van der Waals surface area contributed by atoms with Crippen LogP contribution in [-0.2, 0) is 0 Å². The van der Waals surface area contributed by atoms with E-state index in [0.717, 1.165) is 26.2 Å². The molecular formula is C16H17FN8. The Hall–Kier alpha value is -2.94. The normalized spacial score (nSPS) is 15.7. The molecule has 1 aliphatic rings. The maximum Gasteiger partial charge on any atom is 0.224 e. The molecule has 3 heterocycles. The first-order valence-electron chi connectivity index (χ1n) is 7.97. The van der Waals surface area contributed by atoms with Gasteiger partial charge in [0.25, 0.3) is 0 Å². The van der Waals surface area contributed by atoms with Crippen LogP contribution in [0.4, 0.5) is 16.2 Å². The molecule has 2 aromatic heterocycles. The van der Waals surface area contributed by atoms with E-state index < -0.39 is 0 Å². The number of hydrogen-bond acceptors (Lipinski definition) is 8. The molecule has 0 spiro atoms. The molecule has 1 aromatic carbocycles. The van der Waals surface area contributed by atoms with Crippen molar-refractivity contribution in [3.05, 3.63) is 30.1 Å². The van der Waals surface area contributed by atoms with Crippen molar-refractivity contribution >= 4 is 22.9 Å². The third kappa shape index (κ3) is 3.05. The molecule has 3 aromatic rings. The molecule has 128 valence electrons. The van der Waals surface area contributed by atoms with E-state index in [1.165, 1.54) is 12.1 Å². The van der Waals surface area contributed by atoms with Gasteiger partial charge >= 0.3 is 0 Å². The number of nitrogen functional groups attached to an aromatic ring is 1. The van der Waals surface area contributed by atoms with Crippen molar-refractivity contribution in [3.63, 3.8) is 0 Å². The van der Waals surface area contributed by atoms with Crippen LogP contribution in [0.5, 0.6) is 0 Å². The van der Waals surface area contributed by atoms with E-state index in [0.29, 0.717) is 28.4 Å². The highest BCUT2D eigenvalue weighted by molar-refractivity contribution is 5.84. The smallest absolute Gasteiger partial charge is 0.224 e. The molecule has 1 fully saturated rings. The highest BCUT2D eigenvalue weighted by Crippen LogP contribution is 2.25. The summed E-state index contributed by atoms with van der Waals surface area (Å²) in [5.74, 6) is 0.893. The number of halogens is 1. The minimum atomic E-state index is -0.313. The van der Waals surface area contributed by atoms with Gasteiger partial charge in [0.1, 0.15) is 5.82 Å². The second-order valence-electron chi connectivity index (χ2n) is 6.01. The number of rotatable bonds is 2. The van der Waals surface area contributed by atoms with Crippen molar-refractivity contribution in [1.82, 2.24) is 30.0 Å². The molecule has 2 N–H and O–H groups in total. The first kappa shape index (κ1) is 15.6. The van der Waals surface area contributed by atoms with Gasteiger partial charge in [-0.25, -0.2) is 9.37 Å². The van der Waals surface area contributed by atoms with Crippen LogP contribution in [0.25, 0.3) is 22.6 Å². The lowest BCUT2D eigenvalue weighted by Crippen LogP contribution is -2.45. The lowest BCUT2D eigenvalue weighted by atomic mass is 10.2. The van der Waals surface area contributed by atoms with Gasteiger partial charge < -0.3 is 15.5 Å². The quantitative estimate of drug-likeness (QED) is 0.737. The molecule has 0 bridgehead atoms. The lowest BCUT2D eigenvalue weighted by molar-refractivity contribution is 0.312. The van der Waals surface area contributed by atoms with E-state index in [-0.39, 0.29) is 11.8 Å². The Morgan fingerprint density at radius 2 is 1.68 bits per heavy atom. The van der Waals surface area contributed by atoms with E-state index in [4.69, 9.17) is 5.73 Å². The van der Waals surface area contributed by atoms with Crippen LogP contribution in [-0.4, -0.2) is 63.3 Å². The summed E-state index contributed by atoms with van der Waals surface area (Å²) in [6, 6.07) is 5.96. The number of hydrogen-bond donors (Lipinski definition) is 1. The van der Waals surface area contributed by atoms with Crippen LogP contribution in [0, 0.1) is 5.82 Å². The minimum absolute atomic E-state index is 0.145. The summed E-state index contributed by atoms with van der Waals surface area (Å²) in [6.07, 6.45) is 0. The van der Waals surface area contributed by atoms with Gasteiger partial charge in [-0.1, -0.05) is 0 Å². The van der Waals surface area contributed by atoms with Gasteiger partial charge in [-0.2, -0.15) is 9.97 Å². The van der Waals surface area contributed by atoms with Crippen LogP contribution in [0.3, 0.4) is 0 Å². The maximum atomic E-state index is 13.1. The standard InChI is InChI=1S/C16H17FN8/c1-24-6-8-25(9-7-24)15-12-14(20-16(18)21-15)23-22-13(19-12)10-2-4-11(17)5-3-10/h2-5H,6-9H2,1H3,(H2,18,20,21,23). The second kappa shape index (κ2) is 6.17. The minimum Gasteiger partial charge on any atom is -0.368 e. The summed E-state index contributed by atoms with van der Waals surface area (Å²) in [7, 11) is 2.08. The van der Waals surface area contributed by atoms with E-state index in [9.17, 15) is 4.39 Å². The molecule has 0 amide bonds. The van der Waals surface area contributed by atoms with Crippen LogP contribution in [0.15, 0.2) is 24.3 Å². The van der Waals surface area contributed by atoms with Crippen molar-refractivity contribution in [2.45, 2.75) is 0 Å². The fourth-order valence-electron chi connectivity index (χ4n) is 2.80. The zero-order valence-electron chi connectivity index (χ0n) is 13.7. The number of fused-ring (bicyclic) bond motifs is 1. The Balaban J connectivity index is 1.81. The topological polar surface area (TPSA) is 97.0 Å². The number of nitrogens with zero attached hydrogens (tertiary/aromatic N) is 7. The van der Waals surface area contributed by atoms with Crippen LogP contribution < -0.4 is 10.6 Å². The number of aromatic nitrogens is 5. The number of nitrogens with two attached hydrogens (primary N) is 1. The van der Waals surface area contributed by atoms with Gasteiger partial charge in [0.15, 0.2) is 17.2 Å². The van der Waals surface area contributed by atoms with Crippen molar-refractivity contribution in [2.24, 2.45) is 0 Å². The summed E-state index contributed by atoms with van der Waals surface area (Å²) in [6.45, 7) is 3.49. The summed E-state index contributed by atoms with van der Waals surface area (Å²) in [4.78, 5) is 17.5. The predicted octanol–water partition coefficient (Wildman–Crippen LogP) is 0.955. The fourth-order valence-corrected chi connectivity index (χ4v) is 2.80. The first-order valence-corrected chi connectivity index (χ1v) is 7.97. The molecule has 0 saturated carbocycles. The Morgan fingerprint density at radius 3 is 2.40 bits per heavy atom. The largest absolute Gasteiger partial charge is 0.368 e.